The smallest absolute Gasteiger partial charge is 0.879 e. The molecule has 0 aliphatic carbocycles. The second kappa shape index (κ2) is 273. The molecule has 16 nitrogen and oxygen atoms in total. The average molecular weight is 1780 g/mol. The molecule has 0 fully saturated rings. The molecule has 0 N–H and O–H groups in total. The Balaban J connectivity index is -0.0000000249. The standard InChI is InChI=1S/2C7H5N.4C6H4N2.2C5H3N3.21C2H6.8K/c1-2-7-3-5-8-6-4-7;1-2-7-4-3-5-8-6-7;1-7-6-3-2-4-8-5-6;7-5-6-1-3-8-4-2-6;1-2-6-3-4-7-8-5-6;7-4-6-2-1-3-8-5-6;1-6-5-2-3-7-8-4-5;6-3-5-1-2-7-8-4-5;21*1-2;;;;;;;;/h2*1-3,5-6H;1-2,4-5H;1,3-5H;1-2,4-5H;1,3-5H;1,3-4H;2-4H;21*1-2H3;;;;;;;;/q8*-2;;;;;;;;;;;;;;;;;;;;;;8*+1. The van der Waals surface area contributed by atoms with Crippen LogP contribution in [0.1, 0.15) is 324 Å². The van der Waals surface area contributed by atoms with E-state index in [-0.39, 0.29) is 411 Å². The number of aromatic nitrogens is 11. The molecule has 8 rings (SSSR count). The molecule has 0 saturated heterocycles. The Morgan fingerprint density at radius 1 is 0.237 bits per heavy atom. The normalized spacial score (nSPS) is 5.88. The van der Waals surface area contributed by atoms with E-state index in [0.717, 1.165) is 35.3 Å². The number of hydrogen-bond donors (Lipinski definition) is 0. The molecule has 24 heteroatoms. The first kappa shape index (κ1) is 204. The minimum atomic E-state index is 0. The van der Waals surface area contributed by atoms with Gasteiger partial charge >= 0.3 is 411 Å². The van der Waals surface area contributed by atoms with Crippen LogP contribution >= 0.6 is 0 Å². The summed E-state index contributed by atoms with van der Waals surface area (Å²) in [5.41, 5.74) is 5.35. The molecule has 8 aromatic rings. The first-order valence-electron chi connectivity index (χ1n) is 38.5. The Bertz CT molecular complexity index is 1930. The van der Waals surface area contributed by atoms with E-state index >= 15 is 0 Å². The largest absolute Gasteiger partial charge is 1.00 e. The fourth-order valence-electron chi connectivity index (χ4n) is 3.08. The van der Waals surface area contributed by atoms with Crippen molar-refractivity contribution in [2.75, 3.05) is 0 Å². The molecule has 0 amide bonds. The fraction of sp³-hybridized carbons (Fsp3) is 0.467. The van der Waals surface area contributed by atoms with E-state index in [2.05, 4.69) is 114 Å². The van der Waals surface area contributed by atoms with E-state index in [9.17, 15) is 0 Å². The molecule has 8 aromatic heterocycles. The average Bonchev–Trinajstić information content (AvgIpc) is 1.10. The molecule has 114 heavy (non-hydrogen) atoms. The van der Waals surface area contributed by atoms with Crippen LogP contribution < -0.4 is 411 Å². The van der Waals surface area contributed by atoms with Crippen molar-refractivity contribution in [1.82, 2.24) is 55.5 Å². The van der Waals surface area contributed by atoms with E-state index < -0.39 is 0 Å². The Kier molecular flexibility index (Phi) is 487. The molecule has 0 aliphatic rings. The molecule has 0 unspecified atom stereocenters. The van der Waals surface area contributed by atoms with Gasteiger partial charge in [0.15, 0.2) is 0 Å². The summed E-state index contributed by atoms with van der Waals surface area (Å²) in [5, 5.41) is 46.0. The van der Waals surface area contributed by atoms with Gasteiger partial charge in [0.25, 0.3) is 0 Å². The summed E-state index contributed by atoms with van der Waals surface area (Å²) < 4.78 is 0. The number of rotatable bonds is 8. The first-order chi connectivity index (χ1) is 52.5. The van der Waals surface area contributed by atoms with Gasteiger partial charge in [-0.3, -0.25) is 45.0 Å². The summed E-state index contributed by atoms with van der Waals surface area (Å²) in [6.45, 7) is 109. The van der Waals surface area contributed by atoms with E-state index in [1.165, 1.54) is 61.6 Å². The predicted octanol–water partition coefficient (Wildman–Crippen LogP) is 4.54. The maximum absolute atomic E-state index is 8.35. The van der Waals surface area contributed by atoms with Crippen molar-refractivity contribution in [2.45, 2.75) is 291 Å². The Labute approximate surface area is 1050 Å². The van der Waals surface area contributed by atoms with Crippen LogP contribution in [0.3, 0.4) is 0 Å². The van der Waals surface area contributed by atoms with Crippen LogP contribution in [0.4, 0.5) is 11.4 Å². The van der Waals surface area contributed by atoms with Gasteiger partial charge in [0, 0.05) is 0 Å². The van der Waals surface area contributed by atoms with Crippen LogP contribution in [0.15, 0.2) is 139 Å². The van der Waals surface area contributed by atoms with Gasteiger partial charge in [-0.05, 0) is 31.0 Å². The molecule has 0 aliphatic heterocycles. The van der Waals surface area contributed by atoms with Crippen molar-refractivity contribution in [2.24, 2.45) is 9.98 Å². The van der Waals surface area contributed by atoms with Gasteiger partial charge in [0.2, 0.25) is 0 Å². The number of aliphatic imine (C=N–C) groups is 2. The molecule has 0 spiro atoms. The van der Waals surface area contributed by atoms with Gasteiger partial charge in [-0.1, -0.05) is 334 Å². The van der Waals surface area contributed by atoms with Crippen molar-refractivity contribution in [1.29, 1.82) is 0 Å². The van der Waals surface area contributed by atoms with Gasteiger partial charge in [-0.2, -0.15) is 64.8 Å². The number of hydrogen-bond acceptors (Lipinski definition) is 13. The van der Waals surface area contributed by atoms with Crippen LogP contribution in [0.5, 0.6) is 0 Å². The second-order valence-electron chi connectivity index (χ2n) is 10.2. The molecule has 0 atom stereocenters. The van der Waals surface area contributed by atoms with Crippen molar-refractivity contribution in [3.8, 4) is 0 Å². The van der Waals surface area contributed by atoms with Crippen molar-refractivity contribution in [3.05, 3.63) is 247 Å². The van der Waals surface area contributed by atoms with Gasteiger partial charge < -0.3 is 109 Å². The molecule has 0 aromatic carbocycles. The Hall–Kier alpha value is 3.65. The molecule has 614 valence electrons. The quantitative estimate of drug-likeness (QED) is 0.116. The number of pyridine rings is 5. The van der Waals surface area contributed by atoms with Crippen LogP contribution in [0.25, 0.3) is 34.5 Å². The Morgan fingerprint density at radius 2 is 0.465 bits per heavy atom. The predicted molar refractivity (Wildman–Crippen MR) is 484 cm³/mol. The summed E-state index contributed by atoms with van der Waals surface area (Å²) in [6, 6.07) is 30.5. The van der Waals surface area contributed by atoms with Gasteiger partial charge in [0.1, 0.15) is 0 Å². The SMILES string of the molecule is CC.CC.CC.CC.CC.CC.CC.CC.CC.CC.CC.CC.CC.CC.CC.CC.CC.CC.CC.CC.CC.[CH-]=Cc1[c-]ccnc1.[CH-]=Cc1[c-]cncc1.[CH-]=Cc1[c-]cnnc1.[CH-]=Nc1[c-]ccnc1.[CH-]=Nc1[c-]cnnc1.[K+].[K+].[K+].[K+].[K+].[K+].[K+].[K+].[N-]=Cc1[c-]ccnc1.[N-]=Cc1[c-]cncc1.[N-]=Cc1[c-]cnnc1. The molecular weight excluding hydrogens is 1620 g/mol. The third-order valence-electron chi connectivity index (χ3n) is 5.98. The van der Waals surface area contributed by atoms with E-state index in [4.69, 9.17) is 49.4 Å². The van der Waals surface area contributed by atoms with Crippen LogP contribution in [0, 0.1) is 68.3 Å². The van der Waals surface area contributed by atoms with Crippen molar-refractivity contribution in [3.63, 3.8) is 0 Å². The van der Waals surface area contributed by atoms with Gasteiger partial charge in [-0.15, -0.1) is 42.9 Å². The summed E-state index contributed by atoms with van der Waals surface area (Å²) in [5.74, 6) is 0. The summed E-state index contributed by atoms with van der Waals surface area (Å²) >= 11 is 0. The molecule has 8 heterocycles. The molecular formula is C90H158K8N16-8. The fourth-order valence-corrected chi connectivity index (χ4v) is 3.08. The minimum absolute atomic E-state index is 0. The minimum Gasteiger partial charge on any atom is -0.879 e. The summed E-state index contributed by atoms with van der Waals surface area (Å²) in [4.78, 5) is 25.4. The van der Waals surface area contributed by atoms with Crippen LogP contribution in [0.2, 0.25) is 0 Å². The zero-order valence-corrected chi connectivity index (χ0v) is 109. The third-order valence-corrected chi connectivity index (χ3v) is 5.98. The van der Waals surface area contributed by atoms with Gasteiger partial charge in [0.05, 0.1) is 0 Å². The van der Waals surface area contributed by atoms with Crippen molar-refractivity contribution < 1.29 is 411 Å². The van der Waals surface area contributed by atoms with E-state index in [1.807, 2.05) is 291 Å². The topological polar surface area (TPSA) is 233 Å². The van der Waals surface area contributed by atoms with Crippen molar-refractivity contribution >= 4 is 61.7 Å². The zero-order valence-electron chi connectivity index (χ0n) is 83.6. The third kappa shape index (κ3) is 217. The monoisotopic (exact) mass is 1770 g/mol. The van der Waals surface area contributed by atoms with E-state index in [0.29, 0.717) is 28.1 Å². The van der Waals surface area contributed by atoms with Crippen LogP contribution in [-0.2, 0) is 0 Å². The Morgan fingerprint density at radius 3 is 0.605 bits per heavy atom. The summed E-state index contributed by atoms with van der Waals surface area (Å²) in [6.07, 6.45) is 31.9. The molecule has 0 saturated carbocycles. The van der Waals surface area contributed by atoms with E-state index in [1.54, 1.807) is 86.1 Å². The maximum Gasteiger partial charge on any atom is 1.00 e. The van der Waals surface area contributed by atoms with Crippen LogP contribution in [-0.4, -0.2) is 87.6 Å². The molecule has 0 bridgehead atoms. The second-order valence-corrected chi connectivity index (χ2v) is 10.2. The zero-order chi connectivity index (χ0) is 88.6. The molecule has 0 radical (unpaired) electrons. The number of nitrogens with zero attached hydrogens (tertiary/aromatic N) is 16. The maximum atomic E-state index is 8.35. The first-order valence-corrected chi connectivity index (χ1v) is 38.5. The summed E-state index contributed by atoms with van der Waals surface area (Å²) in [7, 11) is 0. The van der Waals surface area contributed by atoms with Gasteiger partial charge in [-0.25, -0.2) is 38.7 Å².